The van der Waals surface area contributed by atoms with Gasteiger partial charge in [0, 0.05) is 35.9 Å². The van der Waals surface area contributed by atoms with E-state index in [-0.39, 0.29) is 12.4 Å². The van der Waals surface area contributed by atoms with Crippen molar-refractivity contribution < 1.29 is 0 Å². The number of nitrogens with two attached hydrogens (primary N) is 1. The molecule has 0 fully saturated rings. The van der Waals surface area contributed by atoms with E-state index in [9.17, 15) is 0 Å². The SMILES string of the molecule is Cl.Cn1cc(-c2ccnc(N)n2)c2ccccc21. The monoisotopic (exact) mass is 260 g/mol. The third kappa shape index (κ3) is 1.91. The summed E-state index contributed by atoms with van der Waals surface area (Å²) in [6.07, 6.45) is 3.74. The summed E-state index contributed by atoms with van der Waals surface area (Å²) in [5.41, 5.74) is 8.73. The van der Waals surface area contributed by atoms with Crippen LogP contribution in [0.15, 0.2) is 42.7 Å². The first kappa shape index (κ1) is 12.4. The Labute approximate surface area is 111 Å². The summed E-state index contributed by atoms with van der Waals surface area (Å²) in [6.45, 7) is 0. The predicted octanol–water partition coefficient (Wildman–Crippen LogP) is 2.64. The summed E-state index contributed by atoms with van der Waals surface area (Å²) in [5, 5.41) is 1.17. The highest BCUT2D eigenvalue weighted by atomic mass is 35.5. The summed E-state index contributed by atoms with van der Waals surface area (Å²) in [4.78, 5) is 8.17. The number of fused-ring (bicyclic) bond motifs is 1. The topological polar surface area (TPSA) is 56.7 Å². The standard InChI is InChI=1S/C13H12N4.ClH/c1-17-8-10(9-4-2-3-5-12(9)17)11-6-7-15-13(14)16-11;/h2-8H,1H3,(H2,14,15,16);1H. The average Bonchev–Trinajstić information content (AvgIpc) is 2.68. The highest BCUT2D eigenvalue weighted by molar-refractivity contribution is 5.95. The molecule has 1 aromatic carbocycles. The first-order valence-corrected chi connectivity index (χ1v) is 5.38. The van der Waals surface area contributed by atoms with Gasteiger partial charge in [0.1, 0.15) is 0 Å². The van der Waals surface area contributed by atoms with Crippen LogP contribution in [0.25, 0.3) is 22.2 Å². The Morgan fingerprint density at radius 2 is 1.94 bits per heavy atom. The van der Waals surface area contributed by atoms with Gasteiger partial charge >= 0.3 is 0 Å². The Morgan fingerprint density at radius 1 is 1.17 bits per heavy atom. The van der Waals surface area contributed by atoms with Gasteiger partial charge in [0.25, 0.3) is 0 Å². The highest BCUT2D eigenvalue weighted by Gasteiger charge is 2.09. The first-order chi connectivity index (χ1) is 8.25. The molecule has 2 aromatic heterocycles. The summed E-state index contributed by atoms with van der Waals surface area (Å²) < 4.78 is 2.09. The molecule has 0 spiro atoms. The molecule has 0 radical (unpaired) electrons. The molecule has 0 aliphatic rings. The molecule has 0 atom stereocenters. The molecule has 5 heteroatoms. The molecule has 0 unspecified atom stereocenters. The number of hydrogen-bond acceptors (Lipinski definition) is 3. The Morgan fingerprint density at radius 3 is 2.72 bits per heavy atom. The van der Waals surface area contributed by atoms with Gasteiger partial charge in [-0.1, -0.05) is 18.2 Å². The fraction of sp³-hybridized carbons (Fsp3) is 0.0769. The van der Waals surface area contributed by atoms with Gasteiger partial charge in [-0.3, -0.25) is 0 Å². The van der Waals surface area contributed by atoms with Crippen LogP contribution < -0.4 is 5.73 Å². The van der Waals surface area contributed by atoms with E-state index in [0.717, 1.165) is 11.3 Å². The summed E-state index contributed by atoms with van der Waals surface area (Å²) >= 11 is 0. The molecule has 0 saturated carbocycles. The van der Waals surface area contributed by atoms with Crippen LogP contribution in [0, 0.1) is 0 Å². The third-order valence-corrected chi connectivity index (χ3v) is 2.85. The number of benzene rings is 1. The van der Waals surface area contributed by atoms with Crippen molar-refractivity contribution in [3.8, 4) is 11.3 Å². The van der Waals surface area contributed by atoms with Gasteiger partial charge in [0.15, 0.2) is 0 Å². The van der Waals surface area contributed by atoms with Gasteiger partial charge in [-0.15, -0.1) is 12.4 Å². The molecule has 3 rings (SSSR count). The quantitative estimate of drug-likeness (QED) is 0.732. The number of hydrogen-bond donors (Lipinski definition) is 1. The summed E-state index contributed by atoms with van der Waals surface area (Å²) in [6, 6.07) is 10.1. The zero-order valence-corrected chi connectivity index (χ0v) is 10.7. The molecule has 0 aliphatic carbocycles. The van der Waals surface area contributed by atoms with Crippen molar-refractivity contribution >= 4 is 29.3 Å². The van der Waals surface area contributed by atoms with E-state index < -0.39 is 0 Å². The Kier molecular flexibility index (Phi) is 3.21. The normalized spacial score (nSPS) is 10.3. The van der Waals surface area contributed by atoms with Crippen LogP contribution in [-0.4, -0.2) is 14.5 Å². The molecule has 4 nitrogen and oxygen atoms in total. The third-order valence-electron chi connectivity index (χ3n) is 2.85. The lowest BCUT2D eigenvalue weighted by atomic mass is 10.1. The van der Waals surface area contributed by atoms with Crippen LogP contribution in [0.1, 0.15) is 0 Å². The number of halogens is 1. The maximum Gasteiger partial charge on any atom is 0.220 e. The molecular weight excluding hydrogens is 248 g/mol. The molecule has 3 aromatic rings. The number of nitrogens with zero attached hydrogens (tertiary/aromatic N) is 3. The maximum absolute atomic E-state index is 5.62. The second kappa shape index (κ2) is 4.66. The number of nitrogen functional groups attached to an aromatic ring is 1. The van der Waals surface area contributed by atoms with Gasteiger partial charge in [0.2, 0.25) is 5.95 Å². The van der Waals surface area contributed by atoms with Crippen molar-refractivity contribution in [2.45, 2.75) is 0 Å². The lowest BCUT2D eigenvalue weighted by molar-refractivity contribution is 0.969. The van der Waals surface area contributed by atoms with E-state index >= 15 is 0 Å². The molecular formula is C13H13ClN4. The summed E-state index contributed by atoms with van der Waals surface area (Å²) in [5.74, 6) is 0.301. The fourth-order valence-electron chi connectivity index (χ4n) is 2.07. The fourth-order valence-corrected chi connectivity index (χ4v) is 2.07. The van der Waals surface area contributed by atoms with Crippen molar-refractivity contribution in [1.29, 1.82) is 0 Å². The smallest absolute Gasteiger partial charge is 0.220 e. The van der Waals surface area contributed by atoms with E-state index in [2.05, 4.69) is 32.9 Å². The molecule has 0 aliphatic heterocycles. The molecule has 0 amide bonds. The molecule has 92 valence electrons. The van der Waals surface area contributed by atoms with Crippen LogP contribution in [0.3, 0.4) is 0 Å². The van der Waals surface area contributed by atoms with Gasteiger partial charge in [-0.2, -0.15) is 0 Å². The largest absolute Gasteiger partial charge is 0.368 e. The number of rotatable bonds is 1. The Bertz CT molecular complexity index is 690. The van der Waals surface area contributed by atoms with E-state index in [1.165, 1.54) is 10.9 Å². The van der Waals surface area contributed by atoms with Crippen LogP contribution in [-0.2, 0) is 7.05 Å². The predicted molar refractivity (Wildman–Crippen MR) is 75.6 cm³/mol. The van der Waals surface area contributed by atoms with Crippen molar-refractivity contribution in [3.05, 3.63) is 42.7 Å². The number of anilines is 1. The minimum Gasteiger partial charge on any atom is -0.368 e. The van der Waals surface area contributed by atoms with Crippen LogP contribution in [0.5, 0.6) is 0 Å². The molecule has 2 N–H and O–H groups in total. The maximum atomic E-state index is 5.62. The van der Waals surface area contributed by atoms with Crippen molar-refractivity contribution in [2.75, 3.05) is 5.73 Å². The zero-order chi connectivity index (χ0) is 11.8. The zero-order valence-electron chi connectivity index (χ0n) is 9.87. The molecule has 0 bridgehead atoms. The van der Waals surface area contributed by atoms with Crippen molar-refractivity contribution in [3.63, 3.8) is 0 Å². The van der Waals surface area contributed by atoms with Gasteiger partial charge < -0.3 is 10.3 Å². The van der Waals surface area contributed by atoms with Crippen LogP contribution in [0.4, 0.5) is 5.95 Å². The average molecular weight is 261 g/mol. The molecule has 0 saturated heterocycles. The lowest BCUT2D eigenvalue weighted by Gasteiger charge is -1.98. The second-order valence-electron chi connectivity index (χ2n) is 3.97. The van der Waals surface area contributed by atoms with E-state index in [1.807, 2.05) is 25.2 Å². The second-order valence-corrected chi connectivity index (χ2v) is 3.97. The van der Waals surface area contributed by atoms with E-state index in [4.69, 9.17) is 5.73 Å². The van der Waals surface area contributed by atoms with E-state index in [1.54, 1.807) is 6.20 Å². The van der Waals surface area contributed by atoms with Gasteiger partial charge in [-0.05, 0) is 12.1 Å². The Hall–Kier alpha value is -2.07. The van der Waals surface area contributed by atoms with Crippen LogP contribution >= 0.6 is 12.4 Å². The minimum absolute atomic E-state index is 0. The van der Waals surface area contributed by atoms with Crippen molar-refractivity contribution in [1.82, 2.24) is 14.5 Å². The number of aromatic nitrogens is 3. The number of para-hydroxylation sites is 1. The van der Waals surface area contributed by atoms with Crippen LogP contribution in [0.2, 0.25) is 0 Å². The van der Waals surface area contributed by atoms with Crippen molar-refractivity contribution in [2.24, 2.45) is 7.05 Å². The molecule has 2 heterocycles. The van der Waals surface area contributed by atoms with E-state index in [0.29, 0.717) is 5.95 Å². The summed E-state index contributed by atoms with van der Waals surface area (Å²) in [7, 11) is 2.02. The van der Waals surface area contributed by atoms with Gasteiger partial charge in [0.05, 0.1) is 5.69 Å². The Balaban J connectivity index is 0.00000120. The lowest BCUT2D eigenvalue weighted by Crippen LogP contribution is -1.94. The van der Waals surface area contributed by atoms with Gasteiger partial charge in [-0.25, -0.2) is 9.97 Å². The minimum atomic E-state index is 0. The first-order valence-electron chi connectivity index (χ1n) is 5.38. The highest BCUT2D eigenvalue weighted by Crippen LogP contribution is 2.28. The number of aryl methyl sites for hydroxylation is 1. The molecule has 18 heavy (non-hydrogen) atoms.